The molecule has 5 rings (SSSR count). The van der Waals surface area contributed by atoms with E-state index in [0.717, 1.165) is 58.9 Å². The van der Waals surface area contributed by atoms with Gasteiger partial charge >= 0.3 is 0 Å². The molecule has 2 aromatic rings. The van der Waals surface area contributed by atoms with Gasteiger partial charge in [0.05, 0.1) is 11.8 Å². The van der Waals surface area contributed by atoms with Crippen molar-refractivity contribution in [3.8, 4) is 5.75 Å². The lowest BCUT2D eigenvalue weighted by Gasteiger charge is -2.50. The monoisotopic (exact) mass is 445 g/mol. The Morgan fingerprint density at radius 1 is 1.15 bits per heavy atom. The first-order valence-corrected chi connectivity index (χ1v) is 10.5. The lowest BCUT2D eigenvalue weighted by molar-refractivity contribution is -0.147. The third-order valence-corrected chi connectivity index (χ3v) is 6.67. The molecule has 0 bridgehead atoms. The summed E-state index contributed by atoms with van der Waals surface area (Å²) in [5.74, 6) is 0.956. The van der Waals surface area contributed by atoms with Gasteiger partial charge in [0.1, 0.15) is 5.75 Å². The molecule has 3 heterocycles. The van der Waals surface area contributed by atoms with Crippen LogP contribution >= 0.6 is 27.5 Å². The maximum atomic E-state index is 6.61. The van der Waals surface area contributed by atoms with E-state index in [-0.39, 0.29) is 11.8 Å². The molecule has 4 nitrogen and oxygen atoms in total. The highest BCUT2D eigenvalue weighted by molar-refractivity contribution is 9.10. The van der Waals surface area contributed by atoms with Crippen molar-refractivity contribution in [2.24, 2.45) is 5.10 Å². The molecule has 1 atom stereocenters. The van der Waals surface area contributed by atoms with Crippen molar-refractivity contribution < 1.29 is 4.74 Å². The third kappa shape index (κ3) is 2.96. The number of hydrogen-bond donors (Lipinski definition) is 0. The summed E-state index contributed by atoms with van der Waals surface area (Å²) in [5.41, 5.74) is 3.05. The number of ether oxygens (including phenoxy) is 1. The molecule has 0 saturated carbocycles. The fourth-order valence-corrected chi connectivity index (χ4v) is 4.81. The van der Waals surface area contributed by atoms with E-state index < -0.39 is 0 Å². The normalized spacial score (nSPS) is 23.6. The molecular weight excluding hydrogens is 426 g/mol. The Balaban J connectivity index is 1.58. The lowest BCUT2D eigenvalue weighted by atomic mass is 9.91. The summed E-state index contributed by atoms with van der Waals surface area (Å²) in [7, 11) is 2.17. The van der Waals surface area contributed by atoms with Crippen LogP contribution in [0.1, 0.15) is 36.4 Å². The van der Waals surface area contributed by atoms with E-state index in [1.165, 1.54) is 5.56 Å². The summed E-state index contributed by atoms with van der Waals surface area (Å²) in [6.07, 6.45) is 2.76. The van der Waals surface area contributed by atoms with Crippen LogP contribution in [0.3, 0.4) is 0 Å². The Labute approximate surface area is 172 Å². The number of benzene rings is 2. The van der Waals surface area contributed by atoms with E-state index in [1.807, 2.05) is 18.2 Å². The maximum Gasteiger partial charge on any atom is 0.200 e. The number of likely N-dealkylation sites (tertiary alicyclic amines) is 1. The molecule has 140 valence electrons. The zero-order valence-corrected chi connectivity index (χ0v) is 17.5. The molecule has 3 aliphatic heterocycles. The number of hydrazone groups is 1. The van der Waals surface area contributed by atoms with Crippen LogP contribution in [-0.4, -0.2) is 41.5 Å². The van der Waals surface area contributed by atoms with Crippen molar-refractivity contribution in [1.82, 2.24) is 9.91 Å². The molecule has 1 fully saturated rings. The zero-order valence-electron chi connectivity index (χ0n) is 15.2. The smallest absolute Gasteiger partial charge is 0.200 e. The Morgan fingerprint density at radius 3 is 2.63 bits per heavy atom. The van der Waals surface area contributed by atoms with E-state index in [0.29, 0.717) is 0 Å². The van der Waals surface area contributed by atoms with Crippen molar-refractivity contribution in [2.75, 3.05) is 20.1 Å². The number of rotatable bonds is 1. The minimum absolute atomic E-state index is 0.175. The first kappa shape index (κ1) is 17.5. The first-order valence-electron chi connectivity index (χ1n) is 9.34. The topological polar surface area (TPSA) is 28.1 Å². The van der Waals surface area contributed by atoms with Gasteiger partial charge in [-0.1, -0.05) is 39.7 Å². The van der Waals surface area contributed by atoms with E-state index in [9.17, 15) is 0 Å². The molecule has 0 unspecified atom stereocenters. The van der Waals surface area contributed by atoms with Crippen molar-refractivity contribution in [1.29, 1.82) is 0 Å². The molecule has 0 radical (unpaired) electrons. The van der Waals surface area contributed by atoms with Crippen LogP contribution in [-0.2, 0) is 0 Å². The summed E-state index contributed by atoms with van der Waals surface area (Å²) in [6.45, 7) is 2.02. The summed E-state index contributed by atoms with van der Waals surface area (Å²) >= 11 is 9.83. The standard InChI is InChI=1S/C21H21BrClN3O/c1-25-10-8-21(9-11-25)26-19(17-12-16(23)6-7-20(17)27-21)13-18(24-26)14-2-4-15(22)5-3-14/h2-7,12,19H,8-11,13H2,1H3/t19-/m1/s1. The molecule has 3 aliphatic rings. The van der Waals surface area contributed by atoms with Crippen LogP contribution < -0.4 is 4.74 Å². The Kier molecular flexibility index (Phi) is 4.22. The van der Waals surface area contributed by atoms with Crippen LogP contribution in [0.15, 0.2) is 52.0 Å². The van der Waals surface area contributed by atoms with Crippen molar-refractivity contribution in [3.63, 3.8) is 0 Å². The highest BCUT2D eigenvalue weighted by atomic mass is 79.9. The lowest BCUT2D eigenvalue weighted by Crippen LogP contribution is -2.58. The van der Waals surface area contributed by atoms with Gasteiger partial charge in [0.25, 0.3) is 0 Å². The highest BCUT2D eigenvalue weighted by Crippen LogP contribution is 2.50. The number of fused-ring (bicyclic) bond motifs is 4. The van der Waals surface area contributed by atoms with Crippen LogP contribution in [0.25, 0.3) is 0 Å². The molecule has 1 saturated heterocycles. The van der Waals surface area contributed by atoms with E-state index in [4.69, 9.17) is 21.4 Å². The second kappa shape index (κ2) is 6.50. The molecule has 0 N–H and O–H groups in total. The third-order valence-electron chi connectivity index (χ3n) is 5.90. The molecule has 27 heavy (non-hydrogen) atoms. The largest absolute Gasteiger partial charge is 0.466 e. The maximum absolute atomic E-state index is 6.61. The zero-order chi connectivity index (χ0) is 18.6. The van der Waals surface area contributed by atoms with Crippen LogP contribution in [0.2, 0.25) is 5.02 Å². The van der Waals surface area contributed by atoms with Crippen molar-refractivity contribution in [2.45, 2.75) is 31.0 Å². The molecule has 0 amide bonds. The number of nitrogens with zero attached hydrogens (tertiary/aromatic N) is 3. The summed E-state index contributed by atoms with van der Waals surface area (Å²) in [6, 6.07) is 14.6. The quantitative estimate of drug-likeness (QED) is 0.612. The van der Waals surface area contributed by atoms with Gasteiger partial charge < -0.3 is 9.64 Å². The van der Waals surface area contributed by atoms with Crippen LogP contribution in [0.4, 0.5) is 0 Å². The molecule has 0 aromatic heterocycles. The fraction of sp³-hybridized carbons (Fsp3) is 0.381. The average molecular weight is 447 g/mol. The van der Waals surface area contributed by atoms with Gasteiger partial charge in [-0.25, -0.2) is 5.01 Å². The van der Waals surface area contributed by atoms with Gasteiger partial charge in [-0.2, -0.15) is 5.10 Å². The molecule has 2 aromatic carbocycles. The van der Waals surface area contributed by atoms with Gasteiger partial charge in [0, 0.05) is 47.4 Å². The van der Waals surface area contributed by atoms with Gasteiger partial charge in [-0.05, 0) is 42.9 Å². The number of halogens is 2. The van der Waals surface area contributed by atoms with Gasteiger partial charge in [0.15, 0.2) is 0 Å². The average Bonchev–Trinajstić information content (AvgIpc) is 3.12. The molecular formula is C21H21BrClN3O. The minimum atomic E-state index is -0.366. The SMILES string of the molecule is CN1CCC2(CC1)Oc1ccc(Cl)cc1[C@H]1CC(c3ccc(Br)cc3)=NN12. The highest BCUT2D eigenvalue weighted by Gasteiger charge is 2.51. The molecule has 1 spiro atoms. The Morgan fingerprint density at radius 2 is 1.89 bits per heavy atom. The van der Waals surface area contributed by atoms with Crippen LogP contribution in [0.5, 0.6) is 5.75 Å². The van der Waals surface area contributed by atoms with E-state index in [2.05, 4.69) is 57.2 Å². The predicted molar refractivity (Wildman–Crippen MR) is 111 cm³/mol. The summed E-state index contributed by atoms with van der Waals surface area (Å²) in [4.78, 5) is 2.36. The first-order chi connectivity index (χ1) is 13.0. The Hall–Kier alpha value is -1.56. The second-order valence-electron chi connectivity index (χ2n) is 7.65. The second-order valence-corrected chi connectivity index (χ2v) is 9.00. The van der Waals surface area contributed by atoms with Gasteiger partial charge in [-0.15, -0.1) is 0 Å². The van der Waals surface area contributed by atoms with E-state index in [1.54, 1.807) is 0 Å². The fourth-order valence-electron chi connectivity index (χ4n) is 4.37. The van der Waals surface area contributed by atoms with Crippen molar-refractivity contribution >= 4 is 33.2 Å². The summed E-state index contributed by atoms with van der Waals surface area (Å²) in [5, 5.41) is 8.06. The van der Waals surface area contributed by atoms with Gasteiger partial charge in [0.2, 0.25) is 5.72 Å². The summed E-state index contributed by atoms with van der Waals surface area (Å²) < 4.78 is 7.69. The molecule has 0 aliphatic carbocycles. The number of piperidine rings is 1. The minimum Gasteiger partial charge on any atom is -0.466 e. The Bertz CT molecular complexity index is 906. The van der Waals surface area contributed by atoms with Crippen LogP contribution in [0, 0.1) is 0 Å². The molecule has 6 heteroatoms. The van der Waals surface area contributed by atoms with E-state index >= 15 is 0 Å². The predicted octanol–water partition coefficient (Wildman–Crippen LogP) is 5.07. The number of hydrogen-bond acceptors (Lipinski definition) is 4. The van der Waals surface area contributed by atoms with Crippen molar-refractivity contribution in [3.05, 3.63) is 63.1 Å². The van der Waals surface area contributed by atoms with Gasteiger partial charge in [-0.3, -0.25) is 0 Å².